The van der Waals surface area contributed by atoms with Gasteiger partial charge in [-0.15, -0.1) is 0 Å². The first-order valence-corrected chi connectivity index (χ1v) is 8.04. The third-order valence-electron chi connectivity index (χ3n) is 3.41. The van der Waals surface area contributed by atoms with Crippen molar-refractivity contribution in [2.24, 2.45) is 22.7 Å². The van der Waals surface area contributed by atoms with Crippen molar-refractivity contribution in [2.45, 2.75) is 39.0 Å². The minimum absolute atomic E-state index is 0.0374. The summed E-state index contributed by atoms with van der Waals surface area (Å²) in [5, 5.41) is 11.3. The molecule has 1 rings (SSSR count). The fourth-order valence-corrected chi connectivity index (χ4v) is 3.75. The molecular formula is C11H23N3O3S. The van der Waals surface area contributed by atoms with E-state index in [2.05, 4.69) is 9.88 Å². The van der Waals surface area contributed by atoms with Crippen molar-refractivity contribution in [2.75, 3.05) is 12.3 Å². The van der Waals surface area contributed by atoms with Crippen molar-refractivity contribution >= 4 is 15.9 Å². The standard InChI is InChI=1S/C11H23N3O3S/c1-9(11(12)14-15)7-13-18(16,17)8-10-5-3-2-4-6-10/h9-10,13,15H,2-8H2,1H3,(H2,12,14). The van der Waals surface area contributed by atoms with E-state index in [-0.39, 0.29) is 30.0 Å². The largest absolute Gasteiger partial charge is 0.409 e. The SMILES string of the molecule is CC(CNS(=O)(=O)CC1CCCCC1)C(N)=NO. The van der Waals surface area contributed by atoms with Gasteiger partial charge in [0.2, 0.25) is 10.0 Å². The van der Waals surface area contributed by atoms with Gasteiger partial charge < -0.3 is 10.9 Å². The predicted octanol–water partition coefficient (Wildman–Crippen LogP) is 0.869. The molecule has 0 aromatic carbocycles. The summed E-state index contributed by atoms with van der Waals surface area (Å²) >= 11 is 0. The van der Waals surface area contributed by atoms with E-state index < -0.39 is 10.0 Å². The lowest BCUT2D eigenvalue weighted by Crippen LogP contribution is -2.37. The second-order valence-electron chi connectivity index (χ2n) is 5.06. The summed E-state index contributed by atoms with van der Waals surface area (Å²) in [4.78, 5) is 0. The summed E-state index contributed by atoms with van der Waals surface area (Å²) in [5.74, 6) is 0.192. The third kappa shape index (κ3) is 5.22. The Balaban J connectivity index is 2.39. The van der Waals surface area contributed by atoms with Crippen molar-refractivity contribution in [3.8, 4) is 0 Å². The van der Waals surface area contributed by atoms with E-state index in [1.165, 1.54) is 6.42 Å². The Bertz CT molecular complexity index is 375. The molecule has 0 bridgehead atoms. The van der Waals surface area contributed by atoms with E-state index in [0.717, 1.165) is 25.7 Å². The molecule has 1 atom stereocenters. The summed E-state index contributed by atoms with van der Waals surface area (Å²) in [6.45, 7) is 1.88. The third-order valence-corrected chi connectivity index (χ3v) is 4.93. The zero-order valence-corrected chi connectivity index (χ0v) is 11.6. The molecule has 1 aliphatic rings. The van der Waals surface area contributed by atoms with Gasteiger partial charge in [0.15, 0.2) is 0 Å². The molecule has 18 heavy (non-hydrogen) atoms. The highest BCUT2D eigenvalue weighted by Gasteiger charge is 2.22. The first kappa shape index (κ1) is 15.2. The number of rotatable bonds is 6. The van der Waals surface area contributed by atoms with Gasteiger partial charge in [0, 0.05) is 12.5 Å². The maximum atomic E-state index is 11.9. The summed E-state index contributed by atoms with van der Waals surface area (Å²) < 4.78 is 26.2. The second kappa shape index (κ2) is 6.94. The molecule has 0 aromatic rings. The van der Waals surface area contributed by atoms with Gasteiger partial charge in [-0.2, -0.15) is 0 Å². The van der Waals surface area contributed by atoms with Crippen LogP contribution in [0.5, 0.6) is 0 Å². The van der Waals surface area contributed by atoms with Crippen LogP contribution in [0, 0.1) is 11.8 Å². The average Bonchev–Trinajstić information content (AvgIpc) is 2.35. The highest BCUT2D eigenvalue weighted by atomic mass is 32.2. The molecule has 106 valence electrons. The number of hydrogen-bond acceptors (Lipinski definition) is 4. The van der Waals surface area contributed by atoms with Crippen LogP contribution >= 0.6 is 0 Å². The van der Waals surface area contributed by atoms with Gasteiger partial charge in [-0.25, -0.2) is 13.1 Å². The molecule has 6 nitrogen and oxygen atoms in total. The number of sulfonamides is 1. The molecular weight excluding hydrogens is 254 g/mol. The second-order valence-corrected chi connectivity index (χ2v) is 6.91. The Morgan fingerprint density at radius 3 is 2.61 bits per heavy atom. The number of nitrogens with zero attached hydrogens (tertiary/aromatic N) is 1. The Morgan fingerprint density at radius 2 is 2.06 bits per heavy atom. The van der Waals surface area contributed by atoms with Gasteiger partial charge in [0.25, 0.3) is 0 Å². The topological polar surface area (TPSA) is 105 Å². The maximum absolute atomic E-state index is 11.9. The van der Waals surface area contributed by atoms with E-state index in [1.54, 1.807) is 6.92 Å². The van der Waals surface area contributed by atoms with E-state index in [1.807, 2.05) is 0 Å². The molecule has 4 N–H and O–H groups in total. The van der Waals surface area contributed by atoms with E-state index in [9.17, 15) is 8.42 Å². The molecule has 0 aromatic heterocycles. The Morgan fingerprint density at radius 1 is 1.44 bits per heavy atom. The summed E-state index contributed by atoms with van der Waals surface area (Å²) in [5.41, 5.74) is 5.40. The lowest BCUT2D eigenvalue weighted by Gasteiger charge is -2.21. The van der Waals surface area contributed by atoms with Crippen LogP contribution in [0.1, 0.15) is 39.0 Å². The molecule has 0 spiro atoms. The molecule has 0 radical (unpaired) electrons. The van der Waals surface area contributed by atoms with Crippen LogP contribution in [0.2, 0.25) is 0 Å². The minimum atomic E-state index is -3.26. The zero-order valence-electron chi connectivity index (χ0n) is 10.8. The molecule has 0 amide bonds. The lowest BCUT2D eigenvalue weighted by molar-refractivity contribution is 0.314. The molecule has 1 aliphatic carbocycles. The summed E-state index contributed by atoms with van der Waals surface area (Å²) in [7, 11) is -3.26. The van der Waals surface area contributed by atoms with Gasteiger partial charge in [-0.3, -0.25) is 0 Å². The minimum Gasteiger partial charge on any atom is -0.409 e. The fraction of sp³-hybridized carbons (Fsp3) is 0.909. The number of hydrogen-bond donors (Lipinski definition) is 3. The van der Waals surface area contributed by atoms with Gasteiger partial charge in [0.1, 0.15) is 5.84 Å². The molecule has 1 saturated carbocycles. The van der Waals surface area contributed by atoms with Crippen molar-refractivity contribution in [1.82, 2.24) is 4.72 Å². The smallest absolute Gasteiger partial charge is 0.211 e. The molecule has 0 aliphatic heterocycles. The normalized spacial score (nSPS) is 20.8. The number of nitrogens with one attached hydrogen (secondary N) is 1. The van der Waals surface area contributed by atoms with Crippen LogP contribution in [-0.4, -0.2) is 31.8 Å². The quantitative estimate of drug-likeness (QED) is 0.290. The predicted molar refractivity (Wildman–Crippen MR) is 70.9 cm³/mol. The zero-order chi connectivity index (χ0) is 13.6. The summed E-state index contributed by atoms with van der Waals surface area (Å²) in [6.07, 6.45) is 5.46. The maximum Gasteiger partial charge on any atom is 0.211 e. The average molecular weight is 277 g/mol. The first-order valence-electron chi connectivity index (χ1n) is 6.39. The summed E-state index contributed by atoms with van der Waals surface area (Å²) in [6, 6.07) is 0. The Labute approximate surface area is 109 Å². The molecule has 7 heteroatoms. The van der Waals surface area contributed by atoms with Gasteiger partial charge in [-0.1, -0.05) is 31.3 Å². The molecule has 1 fully saturated rings. The fourth-order valence-electron chi connectivity index (χ4n) is 2.18. The molecule has 1 unspecified atom stereocenters. The molecule has 0 heterocycles. The highest BCUT2D eigenvalue weighted by Crippen LogP contribution is 2.24. The monoisotopic (exact) mass is 277 g/mol. The van der Waals surface area contributed by atoms with E-state index >= 15 is 0 Å². The van der Waals surface area contributed by atoms with Gasteiger partial charge in [-0.05, 0) is 18.8 Å². The Hall–Kier alpha value is -0.820. The number of nitrogens with two attached hydrogens (primary N) is 1. The van der Waals surface area contributed by atoms with Gasteiger partial charge >= 0.3 is 0 Å². The van der Waals surface area contributed by atoms with Gasteiger partial charge in [0.05, 0.1) is 5.75 Å². The first-order chi connectivity index (χ1) is 8.44. The van der Waals surface area contributed by atoms with E-state index in [4.69, 9.17) is 10.9 Å². The number of oxime groups is 1. The highest BCUT2D eigenvalue weighted by molar-refractivity contribution is 7.89. The van der Waals surface area contributed by atoms with Crippen molar-refractivity contribution in [3.63, 3.8) is 0 Å². The Kier molecular flexibility index (Phi) is 5.87. The van der Waals surface area contributed by atoms with E-state index in [0.29, 0.717) is 0 Å². The van der Waals surface area contributed by atoms with Crippen LogP contribution in [0.15, 0.2) is 5.16 Å². The number of amidine groups is 1. The van der Waals surface area contributed by atoms with Crippen LogP contribution < -0.4 is 10.5 Å². The van der Waals surface area contributed by atoms with Crippen LogP contribution in [0.3, 0.4) is 0 Å². The van der Waals surface area contributed by atoms with Crippen molar-refractivity contribution in [3.05, 3.63) is 0 Å². The van der Waals surface area contributed by atoms with Crippen molar-refractivity contribution < 1.29 is 13.6 Å². The van der Waals surface area contributed by atoms with Crippen LogP contribution in [0.4, 0.5) is 0 Å². The van der Waals surface area contributed by atoms with Crippen molar-refractivity contribution in [1.29, 1.82) is 0 Å². The molecule has 0 saturated heterocycles. The van der Waals surface area contributed by atoms with Crippen LogP contribution in [-0.2, 0) is 10.0 Å². The van der Waals surface area contributed by atoms with Crippen LogP contribution in [0.25, 0.3) is 0 Å². The lowest BCUT2D eigenvalue weighted by atomic mass is 9.91.